The van der Waals surface area contributed by atoms with Crippen molar-refractivity contribution in [2.24, 2.45) is 10.9 Å². The van der Waals surface area contributed by atoms with Gasteiger partial charge in [0.2, 0.25) is 0 Å². The molecule has 3 N–H and O–H groups in total. The molecule has 0 aliphatic heterocycles. The first-order valence-corrected chi connectivity index (χ1v) is 7.99. The molecule has 0 radical (unpaired) electrons. The standard InChI is InChI=1S/C17H26FN3O/c1-3-19-16(20-10-13(2)11-22)21-12-17(8-9-17)14-6-4-5-7-15(14)18/h4-7,13,22H,3,8-12H2,1-2H3,(H2,19,20,21). The Morgan fingerprint density at radius 2 is 2.09 bits per heavy atom. The molecule has 1 fully saturated rings. The Morgan fingerprint density at radius 3 is 2.68 bits per heavy atom. The molecule has 0 amide bonds. The van der Waals surface area contributed by atoms with Gasteiger partial charge in [0, 0.05) is 25.1 Å². The summed E-state index contributed by atoms with van der Waals surface area (Å²) in [6.45, 7) is 6.14. The molecule has 0 aromatic heterocycles. The van der Waals surface area contributed by atoms with Crippen LogP contribution in [0.1, 0.15) is 32.3 Å². The van der Waals surface area contributed by atoms with E-state index < -0.39 is 0 Å². The van der Waals surface area contributed by atoms with E-state index in [9.17, 15) is 4.39 Å². The minimum Gasteiger partial charge on any atom is -0.396 e. The average Bonchev–Trinajstić information content (AvgIpc) is 3.31. The topological polar surface area (TPSA) is 56.7 Å². The molecule has 1 atom stereocenters. The van der Waals surface area contributed by atoms with E-state index >= 15 is 0 Å². The van der Waals surface area contributed by atoms with Crippen LogP contribution < -0.4 is 10.6 Å². The Balaban J connectivity index is 2.02. The Morgan fingerprint density at radius 1 is 1.36 bits per heavy atom. The van der Waals surface area contributed by atoms with Crippen molar-refractivity contribution in [2.45, 2.75) is 32.1 Å². The number of aliphatic imine (C=N–C) groups is 1. The summed E-state index contributed by atoms with van der Waals surface area (Å²) < 4.78 is 14.0. The monoisotopic (exact) mass is 307 g/mol. The largest absolute Gasteiger partial charge is 0.396 e. The molecule has 5 heteroatoms. The summed E-state index contributed by atoms with van der Waals surface area (Å²) in [6.07, 6.45) is 1.95. The van der Waals surface area contributed by atoms with Crippen LogP contribution in [0.4, 0.5) is 4.39 Å². The van der Waals surface area contributed by atoms with Gasteiger partial charge in [-0.15, -0.1) is 0 Å². The van der Waals surface area contributed by atoms with Gasteiger partial charge in [0.25, 0.3) is 0 Å². The van der Waals surface area contributed by atoms with Gasteiger partial charge in [-0.05, 0) is 37.3 Å². The molecule has 0 heterocycles. The zero-order chi connectivity index (χ0) is 16.0. The van der Waals surface area contributed by atoms with Crippen LogP contribution in [-0.2, 0) is 5.41 Å². The molecule has 1 aromatic carbocycles. The first-order chi connectivity index (χ1) is 10.6. The number of benzene rings is 1. The predicted molar refractivity (Wildman–Crippen MR) is 87.5 cm³/mol. The fourth-order valence-corrected chi connectivity index (χ4v) is 2.46. The maximum atomic E-state index is 14.0. The first kappa shape index (κ1) is 16.7. The minimum atomic E-state index is -0.143. The van der Waals surface area contributed by atoms with E-state index in [1.54, 1.807) is 6.07 Å². The second kappa shape index (κ2) is 7.58. The number of guanidine groups is 1. The molecule has 1 saturated carbocycles. The van der Waals surface area contributed by atoms with Gasteiger partial charge in [0.05, 0.1) is 6.54 Å². The van der Waals surface area contributed by atoms with Crippen molar-refractivity contribution in [3.8, 4) is 0 Å². The molecule has 0 saturated heterocycles. The van der Waals surface area contributed by atoms with Crippen LogP contribution in [0, 0.1) is 11.7 Å². The maximum Gasteiger partial charge on any atom is 0.191 e. The molecule has 1 unspecified atom stereocenters. The molecule has 1 aliphatic carbocycles. The average molecular weight is 307 g/mol. The summed E-state index contributed by atoms with van der Waals surface area (Å²) in [5.41, 5.74) is 0.634. The number of nitrogens with zero attached hydrogens (tertiary/aromatic N) is 1. The zero-order valence-electron chi connectivity index (χ0n) is 13.4. The smallest absolute Gasteiger partial charge is 0.191 e. The molecule has 22 heavy (non-hydrogen) atoms. The third kappa shape index (κ3) is 4.19. The van der Waals surface area contributed by atoms with E-state index in [2.05, 4.69) is 15.6 Å². The van der Waals surface area contributed by atoms with Gasteiger partial charge < -0.3 is 15.7 Å². The zero-order valence-corrected chi connectivity index (χ0v) is 13.4. The van der Waals surface area contributed by atoms with Crippen molar-refractivity contribution in [1.29, 1.82) is 0 Å². The van der Waals surface area contributed by atoms with Crippen molar-refractivity contribution in [2.75, 3.05) is 26.2 Å². The predicted octanol–water partition coefficient (Wildman–Crippen LogP) is 2.04. The summed E-state index contributed by atoms with van der Waals surface area (Å²) in [7, 11) is 0. The van der Waals surface area contributed by atoms with Gasteiger partial charge in [-0.2, -0.15) is 0 Å². The quantitative estimate of drug-likeness (QED) is 0.534. The van der Waals surface area contributed by atoms with Gasteiger partial charge in [-0.1, -0.05) is 25.1 Å². The lowest BCUT2D eigenvalue weighted by Crippen LogP contribution is -2.40. The van der Waals surface area contributed by atoms with Gasteiger partial charge in [0.15, 0.2) is 5.96 Å². The number of halogens is 1. The van der Waals surface area contributed by atoms with Crippen molar-refractivity contribution >= 4 is 5.96 Å². The lowest BCUT2D eigenvalue weighted by Gasteiger charge is -2.17. The van der Waals surface area contributed by atoms with Crippen LogP contribution in [0.25, 0.3) is 0 Å². The van der Waals surface area contributed by atoms with Crippen LogP contribution in [0.3, 0.4) is 0 Å². The molecule has 1 aromatic rings. The molecule has 0 spiro atoms. The van der Waals surface area contributed by atoms with Gasteiger partial charge >= 0.3 is 0 Å². The van der Waals surface area contributed by atoms with E-state index in [0.717, 1.165) is 30.9 Å². The van der Waals surface area contributed by atoms with E-state index in [-0.39, 0.29) is 23.8 Å². The highest BCUT2D eigenvalue weighted by molar-refractivity contribution is 5.79. The van der Waals surface area contributed by atoms with Crippen molar-refractivity contribution in [3.05, 3.63) is 35.6 Å². The van der Waals surface area contributed by atoms with Gasteiger partial charge in [0.1, 0.15) is 5.82 Å². The highest BCUT2D eigenvalue weighted by atomic mass is 19.1. The van der Waals surface area contributed by atoms with Crippen molar-refractivity contribution in [3.63, 3.8) is 0 Å². The molecule has 122 valence electrons. The van der Waals surface area contributed by atoms with Crippen molar-refractivity contribution in [1.82, 2.24) is 10.6 Å². The van der Waals surface area contributed by atoms with Crippen LogP contribution in [0.5, 0.6) is 0 Å². The molecule has 0 bridgehead atoms. The van der Waals surface area contributed by atoms with Crippen LogP contribution >= 0.6 is 0 Å². The highest BCUT2D eigenvalue weighted by Gasteiger charge is 2.45. The Bertz CT molecular complexity index is 514. The second-order valence-electron chi connectivity index (χ2n) is 6.12. The highest BCUT2D eigenvalue weighted by Crippen LogP contribution is 2.49. The van der Waals surface area contributed by atoms with E-state index in [4.69, 9.17) is 5.11 Å². The van der Waals surface area contributed by atoms with E-state index in [1.165, 1.54) is 6.07 Å². The van der Waals surface area contributed by atoms with Crippen molar-refractivity contribution < 1.29 is 9.50 Å². The third-order valence-corrected chi connectivity index (χ3v) is 4.11. The lowest BCUT2D eigenvalue weighted by molar-refractivity contribution is 0.238. The molecular weight excluding hydrogens is 281 g/mol. The maximum absolute atomic E-state index is 14.0. The summed E-state index contributed by atoms with van der Waals surface area (Å²) >= 11 is 0. The van der Waals surface area contributed by atoms with E-state index in [0.29, 0.717) is 13.1 Å². The second-order valence-corrected chi connectivity index (χ2v) is 6.12. The Kier molecular flexibility index (Phi) is 5.77. The molecular formula is C17H26FN3O. The molecule has 2 rings (SSSR count). The first-order valence-electron chi connectivity index (χ1n) is 7.99. The normalized spacial score (nSPS) is 17.9. The number of hydrogen-bond donors (Lipinski definition) is 3. The van der Waals surface area contributed by atoms with E-state index in [1.807, 2.05) is 26.0 Å². The van der Waals surface area contributed by atoms with Crippen LogP contribution in [0.15, 0.2) is 29.3 Å². The number of rotatable bonds is 7. The number of aliphatic hydroxyl groups excluding tert-OH is 1. The minimum absolute atomic E-state index is 0.137. The number of nitrogens with one attached hydrogen (secondary N) is 2. The summed E-state index contributed by atoms with van der Waals surface area (Å²) in [4.78, 5) is 4.62. The molecule has 4 nitrogen and oxygen atoms in total. The summed E-state index contributed by atoms with van der Waals surface area (Å²) in [6, 6.07) is 6.99. The van der Waals surface area contributed by atoms with Crippen LogP contribution in [-0.4, -0.2) is 37.3 Å². The fourth-order valence-electron chi connectivity index (χ4n) is 2.46. The molecule has 1 aliphatic rings. The van der Waals surface area contributed by atoms with Gasteiger partial charge in [-0.3, -0.25) is 4.99 Å². The Labute approximate surface area is 131 Å². The SMILES string of the molecule is CCNC(=NCC1(c2ccccc2F)CC1)NCC(C)CO. The lowest BCUT2D eigenvalue weighted by atomic mass is 9.95. The Hall–Kier alpha value is -1.62. The number of aliphatic hydroxyl groups is 1. The van der Waals surface area contributed by atoms with Crippen LogP contribution in [0.2, 0.25) is 0 Å². The third-order valence-electron chi connectivity index (χ3n) is 4.11. The number of hydrogen-bond acceptors (Lipinski definition) is 2. The fraction of sp³-hybridized carbons (Fsp3) is 0.588. The summed E-state index contributed by atoms with van der Waals surface area (Å²) in [5, 5.41) is 15.5. The summed E-state index contributed by atoms with van der Waals surface area (Å²) in [5.74, 6) is 0.762. The van der Waals surface area contributed by atoms with Gasteiger partial charge in [-0.25, -0.2) is 4.39 Å².